The molecular weight excluding hydrogens is 128 g/mol. The highest BCUT2D eigenvalue weighted by Crippen LogP contribution is 1.88. The summed E-state index contributed by atoms with van der Waals surface area (Å²) in [6.45, 7) is 1.62. The summed E-state index contributed by atoms with van der Waals surface area (Å²) >= 11 is 0. The Kier molecular flexibility index (Phi) is 2.08. The summed E-state index contributed by atoms with van der Waals surface area (Å²) in [5.41, 5.74) is 0.793. The number of H-pyrrole nitrogens is 1. The predicted molar refractivity (Wildman–Crippen MR) is 37.1 cm³/mol. The number of rotatable bonds is 0. The van der Waals surface area contributed by atoms with Crippen LogP contribution < -0.4 is 0 Å². The van der Waals surface area contributed by atoms with Crippen LogP contribution in [0.15, 0.2) is 12.4 Å². The van der Waals surface area contributed by atoms with Crippen LogP contribution in [0, 0.1) is 11.8 Å². The lowest BCUT2D eigenvalue weighted by Crippen LogP contribution is -1.92. The van der Waals surface area contributed by atoms with Gasteiger partial charge in [0, 0.05) is 6.20 Å². The molecule has 1 aromatic heterocycles. The van der Waals surface area contributed by atoms with Gasteiger partial charge in [0.15, 0.2) is 0 Å². The zero-order valence-electron chi connectivity index (χ0n) is 5.63. The van der Waals surface area contributed by atoms with Gasteiger partial charge in [-0.2, -0.15) is 5.10 Å². The normalized spacial score (nSPS) is 11.8. The second-order valence-electron chi connectivity index (χ2n) is 1.93. The highest BCUT2D eigenvalue weighted by Gasteiger charge is 1.86. The van der Waals surface area contributed by atoms with Crippen molar-refractivity contribution in [1.29, 1.82) is 0 Å². The minimum Gasteiger partial charge on any atom is -0.381 e. The highest BCUT2D eigenvalue weighted by atomic mass is 16.3. The SMILES string of the molecule is CC(O)C#Cc1cn[nH]c1. The molecule has 0 aliphatic heterocycles. The Morgan fingerprint density at radius 1 is 1.80 bits per heavy atom. The molecule has 1 heterocycles. The summed E-state index contributed by atoms with van der Waals surface area (Å²) in [6, 6.07) is 0. The standard InChI is InChI=1S/C7H8N2O/c1-6(10)2-3-7-4-8-9-5-7/h4-6,10H,1H3,(H,8,9). The Hall–Kier alpha value is -1.27. The monoisotopic (exact) mass is 136 g/mol. The van der Waals surface area contributed by atoms with Crippen LogP contribution in [0.1, 0.15) is 12.5 Å². The lowest BCUT2D eigenvalue weighted by molar-refractivity contribution is 0.253. The van der Waals surface area contributed by atoms with Crippen molar-refractivity contribution in [1.82, 2.24) is 10.2 Å². The van der Waals surface area contributed by atoms with E-state index >= 15 is 0 Å². The zero-order chi connectivity index (χ0) is 7.40. The van der Waals surface area contributed by atoms with Crippen LogP contribution >= 0.6 is 0 Å². The van der Waals surface area contributed by atoms with Crippen molar-refractivity contribution < 1.29 is 5.11 Å². The molecule has 3 nitrogen and oxygen atoms in total. The molecule has 0 aromatic carbocycles. The van der Waals surface area contributed by atoms with Crippen LogP contribution in [-0.4, -0.2) is 21.4 Å². The summed E-state index contributed by atoms with van der Waals surface area (Å²) < 4.78 is 0. The molecule has 0 saturated carbocycles. The Bertz CT molecular complexity index is 240. The van der Waals surface area contributed by atoms with E-state index in [1.807, 2.05) is 0 Å². The molecule has 0 aliphatic carbocycles. The van der Waals surface area contributed by atoms with Crippen molar-refractivity contribution >= 4 is 0 Å². The number of aliphatic hydroxyl groups excluding tert-OH is 1. The fraction of sp³-hybridized carbons (Fsp3) is 0.286. The molecule has 1 rings (SSSR count). The van der Waals surface area contributed by atoms with E-state index in [1.165, 1.54) is 0 Å². The van der Waals surface area contributed by atoms with Crippen molar-refractivity contribution in [3.63, 3.8) is 0 Å². The second kappa shape index (κ2) is 3.04. The first-order valence-electron chi connectivity index (χ1n) is 2.97. The van der Waals surface area contributed by atoms with Gasteiger partial charge in [-0.05, 0) is 6.92 Å². The number of aliphatic hydroxyl groups is 1. The van der Waals surface area contributed by atoms with Crippen LogP contribution in [0.25, 0.3) is 0 Å². The molecule has 3 heteroatoms. The van der Waals surface area contributed by atoms with E-state index in [0.29, 0.717) is 0 Å². The number of hydrogen-bond donors (Lipinski definition) is 2. The van der Waals surface area contributed by atoms with Crippen molar-refractivity contribution in [3.8, 4) is 11.8 Å². The number of hydrogen-bond acceptors (Lipinski definition) is 2. The molecular formula is C7H8N2O. The van der Waals surface area contributed by atoms with E-state index in [2.05, 4.69) is 22.0 Å². The Balaban J connectivity index is 2.66. The minimum absolute atomic E-state index is 0.574. The quantitative estimate of drug-likeness (QED) is 0.498. The molecule has 52 valence electrons. The zero-order valence-corrected chi connectivity index (χ0v) is 5.63. The number of nitrogens with zero attached hydrogens (tertiary/aromatic N) is 1. The van der Waals surface area contributed by atoms with Gasteiger partial charge in [-0.15, -0.1) is 0 Å². The molecule has 0 saturated heterocycles. The number of aromatic nitrogens is 2. The van der Waals surface area contributed by atoms with Crippen LogP contribution in [0.5, 0.6) is 0 Å². The van der Waals surface area contributed by atoms with E-state index in [4.69, 9.17) is 5.11 Å². The van der Waals surface area contributed by atoms with Crippen molar-refractivity contribution in [2.75, 3.05) is 0 Å². The molecule has 1 unspecified atom stereocenters. The van der Waals surface area contributed by atoms with Crippen molar-refractivity contribution in [2.45, 2.75) is 13.0 Å². The Morgan fingerprint density at radius 3 is 3.10 bits per heavy atom. The molecule has 0 bridgehead atoms. The Morgan fingerprint density at radius 2 is 2.60 bits per heavy atom. The van der Waals surface area contributed by atoms with Crippen LogP contribution in [0.4, 0.5) is 0 Å². The first-order valence-corrected chi connectivity index (χ1v) is 2.97. The first-order chi connectivity index (χ1) is 4.79. The predicted octanol–water partition coefficient (Wildman–Crippen LogP) is 0.142. The van der Waals surface area contributed by atoms with Gasteiger partial charge < -0.3 is 5.11 Å². The van der Waals surface area contributed by atoms with Gasteiger partial charge >= 0.3 is 0 Å². The van der Waals surface area contributed by atoms with Gasteiger partial charge in [-0.25, -0.2) is 0 Å². The van der Waals surface area contributed by atoms with E-state index in [1.54, 1.807) is 19.3 Å². The molecule has 0 spiro atoms. The van der Waals surface area contributed by atoms with Gasteiger partial charge in [-0.3, -0.25) is 5.10 Å². The fourth-order valence-corrected chi connectivity index (χ4v) is 0.507. The summed E-state index contributed by atoms with van der Waals surface area (Å²) in [4.78, 5) is 0. The van der Waals surface area contributed by atoms with E-state index in [0.717, 1.165) is 5.56 Å². The average Bonchev–Trinajstić information content (AvgIpc) is 2.34. The number of aromatic amines is 1. The van der Waals surface area contributed by atoms with E-state index < -0.39 is 6.10 Å². The third kappa shape index (κ3) is 1.92. The van der Waals surface area contributed by atoms with Gasteiger partial charge in [0.1, 0.15) is 6.10 Å². The molecule has 1 atom stereocenters. The summed E-state index contributed by atoms with van der Waals surface area (Å²) in [6.07, 6.45) is 2.71. The van der Waals surface area contributed by atoms with Gasteiger partial charge in [0.05, 0.1) is 11.8 Å². The molecule has 0 radical (unpaired) electrons. The maximum atomic E-state index is 8.75. The maximum Gasteiger partial charge on any atom is 0.112 e. The lowest BCUT2D eigenvalue weighted by atomic mass is 10.3. The molecule has 0 aliphatic rings. The highest BCUT2D eigenvalue weighted by molar-refractivity contribution is 5.29. The average molecular weight is 136 g/mol. The third-order valence-corrected chi connectivity index (χ3v) is 0.924. The lowest BCUT2D eigenvalue weighted by Gasteiger charge is -1.84. The van der Waals surface area contributed by atoms with Crippen LogP contribution in [0.2, 0.25) is 0 Å². The smallest absolute Gasteiger partial charge is 0.112 e. The molecule has 10 heavy (non-hydrogen) atoms. The van der Waals surface area contributed by atoms with Crippen LogP contribution in [0.3, 0.4) is 0 Å². The number of nitrogens with one attached hydrogen (secondary N) is 1. The summed E-state index contributed by atoms with van der Waals surface area (Å²) in [5, 5.41) is 15.1. The maximum absolute atomic E-state index is 8.75. The topological polar surface area (TPSA) is 48.9 Å². The minimum atomic E-state index is -0.574. The van der Waals surface area contributed by atoms with E-state index in [-0.39, 0.29) is 0 Å². The van der Waals surface area contributed by atoms with Crippen molar-refractivity contribution in [2.24, 2.45) is 0 Å². The molecule has 1 aromatic rings. The Labute approximate surface area is 59.1 Å². The molecule has 2 N–H and O–H groups in total. The van der Waals surface area contributed by atoms with Gasteiger partial charge in [0.25, 0.3) is 0 Å². The van der Waals surface area contributed by atoms with Crippen molar-refractivity contribution in [3.05, 3.63) is 18.0 Å². The third-order valence-electron chi connectivity index (χ3n) is 0.924. The van der Waals surface area contributed by atoms with Gasteiger partial charge in [0.2, 0.25) is 0 Å². The molecule has 0 fully saturated rings. The van der Waals surface area contributed by atoms with E-state index in [9.17, 15) is 0 Å². The first kappa shape index (κ1) is 6.84. The summed E-state index contributed by atoms with van der Waals surface area (Å²) in [5.74, 6) is 5.32. The summed E-state index contributed by atoms with van der Waals surface area (Å²) in [7, 11) is 0. The largest absolute Gasteiger partial charge is 0.381 e. The molecule has 0 amide bonds. The van der Waals surface area contributed by atoms with Gasteiger partial charge in [-0.1, -0.05) is 11.8 Å². The second-order valence-corrected chi connectivity index (χ2v) is 1.93. The van der Waals surface area contributed by atoms with Crippen LogP contribution in [-0.2, 0) is 0 Å². The fourth-order valence-electron chi connectivity index (χ4n) is 0.507.